The molecule has 0 bridgehead atoms. The van der Waals surface area contributed by atoms with E-state index in [0.717, 1.165) is 0 Å². The standard InChI is InChI=1S/C5H8N4/c1-9-3-5(8)4(7)2-6/h3H,7-8H2,1H3. The summed E-state index contributed by atoms with van der Waals surface area (Å²) in [5, 5.41) is 8.16. The molecule has 0 heterocycles. The highest BCUT2D eigenvalue weighted by Gasteiger charge is 1.89. The summed E-state index contributed by atoms with van der Waals surface area (Å²) in [5.74, 6) is 0. The molecule has 4 heteroatoms. The van der Waals surface area contributed by atoms with Crippen molar-refractivity contribution < 1.29 is 0 Å². The van der Waals surface area contributed by atoms with Crippen LogP contribution in [0, 0.1) is 11.3 Å². The topological polar surface area (TPSA) is 88.2 Å². The molecule has 0 atom stereocenters. The second-order valence-corrected chi connectivity index (χ2v) is 1.37. The Morgan fingerprint density at radius 3 is 2.56 bits per heavy atom. The highest BCUT2D eigenvalue weighted by molar-refractivity contribution is 5.78. The molecule has 0 unspecified atom stereocenters. The van der Waals surface area contributed by atoms with Crippen LogP contribution in [0.4, 0.5) is 0 Å². The normalized spacial score (nSPS) is 12.9. The maximum Gasteiger partial charge on any atom is 0.135 e. The number of nitriles is 1. The van der Waals surface area contributed by atoms with Crippen LogP contribution in [0.15, 0.2) is 16.4 Å². The van der Waals surface area contributed by atoms with Gasteiger partial charge in [0, 0.05) is 13.3 Å². The van der Waals surface area contributed by atoms with Crippen molar-refractivity contribution in [1.82, 2.24) is 0 Å². The van der Waals surface area contributed by atoms with E-state index < -0.39 is 0 Å². The summed E-state index contributed by atoms with van der Waals surface area (Å²) < 4.78 is 0. The number of allylic oxidation sites excluding steroid dienone is 2. The minimum atomic E-state index is 0.000556. The van der Waals surface area contributed by atoms with Crippen LogP contribution in [0.5, 0.6) is 0 Å². The fourth-order valence-corrected chi connectivity index (χ4v) is 0.273. The number of hydrogen-bond acceptors (Lipinski definition) is 4. The van der Waals surface area contributed by atoms with Gasteiger partial charge in [0.2, 0.25) is 0 Å². The van der Waals surface area contributed by atoms with Crippen LogP contribution in [0.3, 0.4) is 0 Å². The van der Waals surface area contributed by atoms with E-state index in [1.54, 1.807) is 13.1 Å². The minimum Gasteiger partial charge on any atom is -0.395 e. The van der Waals surface area contributed by atoms with Crippen molar-refractivity contribution in [2.75, 3.05) is 7.05 Å². The van der Waals surface area contributed by atoms with Crippen molar-refractivity contribution in [3.8, 4) is 6.07 Å². The zero-order valence-electron chi connectivity index (χ0n) is 5.13. The van der Waals surface area contributed by atoms with E-state index >= 15 is 0 Å². The van der Waals surface area contributed by atoms with Gasteiger partial charge in [-0.2, -0.15) is 5.26 Å². The molecule has 4 N–H and O–H groups in total. The Kier molecular flexibility index (Phi) is 2.91. The van der Waals surface area contributed by atoms with E-state index in [4.69, 9.17) is 16.7 Å². The zero-order chi connectivity index (χ0) is 7.28. The molecule has 9 heavy (non-hydrogen) atoms. The fourth-order valence-electron chi connectivity index (χ4n) is 0.273. The molecule has 0 aliphatic carbocycles. The van der Waals surface area contributed by atoms with E-state index in [1.807, 2.05) is 0 Å². The van der Waals surface area contributed by atoms with Gasteiger partial charge in [-0.3, -0.25) is 4.99 Å². The predicted octanol–water partition coefficient (Wildman–Crippen LogP) is -0.660. The van der Waals surface area contributed by atoms with E-state index in [1.165, 1.54) is 6.21 Å². The van der Waals surface area contributed by atoms with E-state index in [0.29, 0.717) is 0 Å². The van der Waals surface area contributed by atoms with Crippen molar-refractivity contribution in [2.45, 2.75) is 0 Å². The van der Waals surface area contributed by atoms with Crippen LogP contribution in [0.25, 0.3) is 0 Å². The maximum absolute atomic E-state index is 8.16. The highest BCUT2D eigenvalue weighted by Crippen LogP contribution is 1.82. The summed E-state index contributed by atoms with van der Waals surface area (Å²) in [4.78, 5) is 3.57. The van der Waals surface area contributed by atoms with Gasteiger partial charge in [0.15, 0.2) is 0 Å². The molecule has 0 spiro atoms. The molecule has 0 fully saturated rings. The summed E-state index contributed by atoms with van der Waals surface area (Å²) in [6.07, 6.45) is 1.33. The molecule has 0 aromatic heterocycles. The lowest BCUT2D eigenvalue weighted by Crippen LogP contribution is -2.08. The van der Waals surface area contributed by atoms with Crippen LogP contribution in [0.1, 0.15) is 0 Å². The molecule has 0 aliphatic rings. The first-order valence-electron chi connectivity index (χ1n) is 2.30. The van der Waals surface area contributed by atoms with Crippen molar-refractivity contribution >= 4 is 6.21 Å². The molecule has 48 valence electrons. The van der Waals surface area contributed by atoms with Crippen LogP contribution >= 0.6 is 0 Å². The third kappa shape index (κ3) is 2.34. The lowest BCUT2D eigenvalue weighted by molar-refractivity contribution is 1.30. The Morgan fingerprint density at radius 2 is 2.22 bits per heavy atom. The zero-order valence-corrected chi connectivity index (χ0v) is 5.13. The number of aliphatic imine (C=N–C) groups is 1. The highest BCUT2D eigenvalue weighted by atomic mass is 14.7. The quantitative estimate of drug-likeness (QED) is 0.359. The molecule has 0 radical (unpaired) electrons. The second kappa shape index (κ2) is 3.50. The molecule has 0 amide bonds. The summed E-state index contributed by atoms with van der Waals surface area (Å²) in [6, 6.07) is 1.69. The fraction of sp³-hybridized carbons (Fsp3) is 0.200. The van der Waals surface area contributed by atoms with Gasteiger partial charge in [-0.05, 0) is 0 Å². The smallest absolute Gasteiger partial charge is 0.135 e. The first kappa shape index (κ1) is 7.50. The van der Waals surface area contributed by atoms with Gasteiger partial charge in [0.1, 0.15) is 11.8 Å². The molecule has 0 aromatic carbocycles. The summed E-state index contributed by atoms with van der Waals surface area (Å²) in [7, 11) is 1.55. The molecule has 4 nitrogen and oxygen atoms in total. The number of nitrogens with two attached hydrogens (primary N) is 2. The minimum absolute atomic E-state index is 0.000556. The maximum atomic E-state index is 8.16. The Bertz CT molecular complexity index is 184. The average molecular weight is 124 g/mol. The third-order valence-electron chi connectivity index (χ3n) is 0.700. The van der Waals surface area contributed by atoms with Crippen molar-refractivity contribution in [3.63, 3.8) is 0 Å². The molecular weight excluding hydrogens is 116 g/mol. The van der Waals surface area contributed by atoms with Gasteiger partial charge < -0.3 is 11.5 Å². The summed E-state index contributed by atoms with van der Waals surface area (Å²) >= 11 is 0. The number of hydrogen-bond donors (Lipinski definition) is 2. The number of rotatable bonds is 1. The molecule has 0 saturated heterocycles. The second-order valence-electron chi connectivity index (χ2n) is 1.37. The summed E-state index contributed by atoms with van der Waals surface area (Å²) in [5.41, 5.74) is 10.5. The Labute approximate surface area is 53.5 Å². The largest absolute Gasteiger partial charge is 0.395 e. The Morgan fingerprint density at radius 1 is 1.67 bits per heavy atom. The van der Waals surface area contributed by atoms with Crippen molar-refractivity contribution in [3.05, 3.63) is 11.4 Å². The first-order chi connectivity index (χ1) is 4.22. The Hall–Kier alpha value is -1.50. The van der Waals surface area contributed by atoms with Gasteiger partial charge >= 0.3 is 0 Å². The van der Waals surface area contributed by atoms with Crippen molar-refractivity contribution in [1.29, 1.82) is 5.26 Å². The van der Waals surface area contributed by atoms with Crippen LogP contribution in [-0.2, 0) is 0 Å². The lowest BCUT2D eigenvalue weighted by atomic mass is 10.4. The van der Waals surface area contributed by atoms with Crippen LogP contribution in [-0.4, -0.2) is 13.3 Å². The van der Waals surface area contributed by atoms with Gasteiger partial charge in [-0.25, -0.2) is 0 Å². The van der Waals surface area contributed by atoms with Crippen molar-refractivity contribution in [2.24, 2.45) is 16.5 Å². The van der Waals surface area contributed by atoms with Gasteiger partial charge in [-0.1, -0.05) is 0 Å². The van der Waals surface area contributed by atoms with Gasteiger partial charge in [0.25, 0.3) is 0 Å². The lowest BCUT2D eigenvalue weighted by Gasteiger charge is -1.89. The van der Waals surface area contributed by atoms with Gasteiger partial charge in [0.05, 0.1) is 5.70 Å². The molecular formula is C5H8N4. The number of nitrogens with zero attached hydrogens (tertiary/aromatic N) is 2. The molecule has 0 aromatic rings. The van der Waals surface area contributed by atoms with E-state index in [9.17, 15) is 0 Å². The molecule has 0 aliphatic heterocycles. The summed E-state index contributed by atoms with van der Waals surface area (Å²) in [6.45, 7) is 0. The Balaban J connectivity index is 4.34. The van der Waals surface area contributed by atoms with Crippen LogP contribution in [0.2, 0.25) is 0 Å². The SMILES string of the molecule is CN=CC(N)=C(N)C#N. The monoisotopic (exact) mass is 124 g/mol. The van der Waals surface area contributed by atoms with Gasteiger partial charge in [-0.15, -0.1) is 0 Å². The average Bonchev–Trinajstić information content (AvgIpc) is 1.87. The third-order valence-corrected chi connectivity index (χ3v) is 0.700. The van der Waals surface area contributed by atoms with Crippen LogP contribution < -0.4 is 11.5 Å². The van der Waals surface area contributed by atoms with E-state index in [2.05, 4.69) is 4.99 Å². The first-order valence-corrected chi connectivity index (χ1v) is 2.30. The molecule has 0 rings (SSSR count). The van der Waals surface area contributed by atoms with E-state index in [-0.39, 0.29) is 11.4 Å². The molecule has 0 saturated carbocycles. The predicted molar refractivity (Wildman–Crippen MR) is 35.4 cm³/mol.